The van der Waals surface area contributed by atoms with E-state index in [0.717, 1.165) is 4.68 Å². The lowest BCUT2D eigenvalue weighted by molar-refractivity contribution is -0.123. The number of benzene rings is 2. The maximum Gasteiger partial charge on any atom is 0.290 e. The second-order valence-corrected chi connectivity index (χ2v) is 10.9. The summed E-state index contributed by atoms with van der Waals surface area (Å²) < 4.78 is 40.6. The molecule has 2 heterocycles. The number of hydrogen-bond donors (Lipinski definition) is 3. The second-order valence-electron chi connectivity index (χ2n) is 8.22. The molecule has 2 aromatic carbocycles. The van der Waals surface area contributed by atoms with E-state index in [4.69, 9.17) is 9.47 Å². The van der Waals surface area contributed by atoms with Crippen molar-refractivity contribution in [1.29, 1.82) is 0 Å². The Morgan fingerprint density at radius 1 is 1.08 bits per heavy atom. The Balaban J connectivity index is 1.51. The van der Waals surface area contributed by atoms with Crippen molar-refractivity contribution < 1.29 is 27.5 Å². The van der Waals surface area contributed by atoms with Crippen LogP contribution in [0.1, 0.15) is 23.8 Å². The first-order valence-electron chi connectivity index (χ1n) is 11.8. The monoisotopic (exact) mass is 561 g/mol. The normalized spacial score (nSPS) is 13.6. The van der Waals surface area contributed by atoms with E-state index in [0.29, 0.717) is 41.2 Å². The van der Waals surface area contributed by atoms with E-state index in [1.807, 2.05) is 6.26 Å². The highest BCUT2D eigenvalue weighted by Gasteiger charge is 2.28. The van der Waals surface area contributed by atoms with Crippen LogP contribution in [0.3, 0.4) is 0 Å². The number of thioether (sulfide) groups is 1. The minimum absolute atomic E-state index is 0.0557. The lowest BCUT2D eigenvalue weighted by Gasteiger charge is -2.21. The van der Waals surface area contributed by atoms with Gasteiger partial charge in [0.15, 0.2) is 17.2 Å². The van der Waals surface area contributed by atoms with Crippen LogP contribution >= 0.6 is 11.8 Å². The molecular weight excluding hydrogens is 534 g/mol. The lowest BCUT2D eigenvalue weighted by Crippen LogP contribution is -2.52. The fourth-order valence-electron chi connectivity index (χ4n) is 3.81. The van der Waals surface area contributed by atoms with Gasteiger partial charge in [-0.05, 0) is 43.6 Å². The summed E-state index contributed by atoms with van der Waals surface area (Å²) in [5, 5.41) is 4.77. The van der Waals surface area contributed by atoms with Crippen molar-refractivity contribution in [2.24, 2.45) is 0 Å². The van der Waals surface area contributed by atoms with Crippen molar-refractivity contribution in [2.45, 2.75) is 30.8 Å². The number of aromatic nitrogens is 2. The summed E-state index contributed by atoms with van der Waals surface area (Å²) in [4.78, 5) is 38.4. The Kier molecular flexibility index (Phi) is 8.54. The third-order valence-electron chi connectivity index (χ3n) is 5.73. The standard InChI is InChI=1S/C24H27N5O7S2/c1-3-29-24(32)17-7-5-4-6-16(17)21(27-29)23(31)26-25-22(30)18(10-13-37-2)28-38(33,34)15-8-9-19-20(14-15)36-12-11-35-19/h4-9,14,18,28H,3,10-13H2,1-2H3,(H,25,30)(H,26,31)/t18-/m0/s1. The van der Waals surface area contributed by atoms with Crippen molar-refractivity contribution in [3.63, 3.8) is 0 Å². The molecule has 0 unspecified atom stereocenters. The number of sulfonamides is 1. The first-order valence-corrected chi connectivity index (χ1v) is 14.6. The zero-order valence-electron chi connectivity index (χ0n) is 20.7. The van der Waals surface area contributed by atoms with E-state index in [9.17, 15) is 22.8 Å². The summed E-state index contributed by atoms with van der Waals surface area (Å²) in [6, 6.07) is 9.53. The van der Waals surface area contributed by atoms with Crippen LogP contribution in [-0.2, 0) is 21.4 Å². The number of nitrogens with one attached hydrogen (secondary N) is 3. The number of carbonyl (C=O) groups is 2. The van der Waals surface area contributed by atoms with Crippen molar-refractivity contribution in [1.82, 2.24) is 25.4 Å². The quantitative estimate of drug-likeness (QED) is 0.325. The van der Waals surface area contributed by atoms with Crippen LogP contribution in [0.2, 0.25) is 0 Å². The Bertz CT molecular complexity index is 1520. The van der Waals surface area contributed by atoms with Crippen molar-refractivity contribution in [3.05, 3.63) is 58.5 Å². The van der Waals surface area contributed by atoms with Gasteiger partial charge in [0.25, 0.3) is 17.4 Å². The summed E-state index contributed by atoms with van der Waals surface area (Å²) >= 11 is 1.43. The highest BCUT2D eigenvalue weighted by molar-refractivity contribution is 7.98. The minimum Gasteiger partial charge on any atom is -0.486 e. The fraction of sp³-hybridized carbons (Fsp3) is 0.333. The van der Waals surface area contributed by atoms with E-state index in [1.165, 1.54) is 30.0 Å². The van der Waals surface area contributed by atoms with Crippen LogP contribution in [0.4, 0.5) is 0 Å². The average molecular weight is 562 g/mol. The molecule has 12 nitrogen and oxygen atoms in total. The molecule has 38 heavy (non-hydrogen) atoms. The number of aryl methyl sites for hydroxylation is 1. The molecule has 4 rings (SSSR count). The molecule has 1 aliphatic rings. The van der Waals surface area contributed by atoms with Gasteiger partial charge in [-0.3, -0.25) is 25.2 Å². The number of hydrazine groups is 1. The van der Waals surface area contributed by atoms with Gasteiger partial charge in [0, 0.05) is 18.0 Å². The van der Waals surface area contributed by atoms with Gasteiger partial charge >= 0.3 is 0 Å². The van der Waals surface area contributed by atoms with Crippen LogP contribution in [0.5, 0.6) is 11.5 Å². The first-order chi connectivity index (χ1) is 18.2. The molecule has 3 aromatic rings. The molecular formula is C24H27N5O7S2. The number of carbonyl (C=O) groups excluding carboxylic acids is 2. The lowest BCUT2D eigenvalue weighted by atomic mass is 10.1. The molecule has 0 spiro atoms. The Labute approximate surface area is 223 Å². The zero-order valence-corrected chi connectivity index (χ0v) is 22.4. The molecule has 0 radical (unpaired) electrons. The van der Waals surface area contributed by atoms with E-state index in [1.54, 1.807) is 31.2 Å². The fourth-order valence-corrected chi connectivity index (χ4v) is 5.52. The van der Waals surface area contributed by atoms with E-state index in [-0.39, 0.29) is 29.1 Å². The van der Waals surface area contributed by atoms with Crippen molar-refractivity contribution in [2.75, 3.05) is 25.2 Å². The van der Waals surface area contributed by atoms with Gasteiger partial charge in [0.05, 0.1) is 10.3 Å². The van der Waals surface area contributed by atoms with Crippen molar-refractivity contribution >= 4 is 44.4 Å². The van der Waals surface area contributed by atoms with Gasteiger partial charge in [-0.2, -0.15) is 21.6 Å². The Morgan fingerprint density at radius 2 is 1.79 bits per heavy atom. The molecule has 2 amide bonds. The van der Waals surface area contributed by atoms with Crippen LogP contribution in [-0.4, -0.2) is 61.3 Å². The summed E-state index contributed by atoms with van der Waals surface area (Å²) in [6.45, 7) is 2.62. The minimum atomic E-state index is -4.12. The summed E-state index contributed by atoms with van der Waals surface area (Å²) in [6.07, 6.45) is 1.99. The maximum absolute atomic E-state index is 13.1. The molecule has 202 valence electrons. The highest BCUT2D eigenvalue weighted by atomic mass is 32.2. The van der Waals surface area contributed by atoms with Crippen LogP contribution in [0, 0.1) is 0 Å². The summed E-state index contributed by atoms with van der Waals surface area (Å²) in [5.41, 5.74) is 4.18. The number of fused-ring (bicyclic) bond motifs is 2. The summed E-state index contributed by atoms with van der Waals surface area (Å²) in [7, 11) is -4.12. The Morgan fingerprint density at radius 3 is 2.50 bits per heavy atom. The predicted molar refractivity (Wildman–Crippen MR) is 142 cm³/mol. The molecule has 14 heteroatoms. The third kappa shape index (κ3) is 5.92. The van der Waals surface area contributed by atoms with E-state index in [2.05, 4.69) is 20.7 Å². The molecule has 0 aliphatic carbocycles. The molecule has 0 saturated heterocycles. The SMILES string of the molecule is CCn1nc(C(=O)NNC(=O)[C@H](CCSC)NS(=O)(=O)c2ccc3c(c2)OCCO3)c2ccccc2c1=O. The van der Waals surface area contributed by atoms with Crippen LogP contribution in [0.15, 0.2) is 52.2 Å². The van der Waals surface area contributed by atoms with Crippen LogP contribution < -0.4 is 30.6 Å². The van der Waals surface area contributed by atoms with Gasteiger partial charge in [0.2, 0.25) is 10.0 Å². The van der Waals surface area contributed by atoms with Gasteiger partial charge in [-0.1, -0.05) is 18.2 Å². The second kappa shape index (κ2) is 11.8. The van der Waals surface area contributed by atoms with Gasteiger partial charge < -0.3 is 9.47 Å². The molecule has 0 fully saturated rings. The van der Waals surface area contributed by atoms with E-state index >= 15 is 0 Å². The van der Waals surface area contributed by atoms with Gasteiger partial charge in [-0.15, -0.1) is 0 Å². The number of amides is 2. The largest absolute Gasteiger partial charge is 0.486 e. The number of nitrogens with zero attached hydrogens (tertiary/aromatic N) is 2. The molecule has 1 aliphatic heterocycles. The molecule has 3 N–H and O–H groups in total. The Hall–Kier alpha value is -3.62. The maximum atomic E-state index is 13.1. The average Bonchev–Trinajstić information content (AvgIpc) is 2.93. The van der Waals surface area contributed by atoms with Crippen molar-refractivity contribution in [3.8, 4) is 11.5 Å². The molecule has 0 bridgehead atoms. The number of ether oxygens (including phenoxy) is 2. The topological polar surface area (TPSA) is 158 Å². The van der Waals surface area contributed by atoms with Gasteiger partial charge in [-0.25, -0.2) is 13.1 Å². The third-order valence-corrected chi connectivity index (χ3v) is 7.84. The highest BCUT2D eigenvalue weighted by Crippen LogP contribution is 2.32. The molecule has 1 aromatic heterocycles. The number of rotatable bonds is 9. The first kappa shape index (κ1) is 27.4. The summed E-state index contributed by atoms with van der Waals surface area (Å²) in [5.74, 6) is -0.310. The van der Waals surface area contributed by atoms with E-state index < -0.39 is 27.9 Å². The smallest absolute Gasteiger partial charge is 0.290 e. The van der Waals surface area contributed by atoms with Gasteiger partial charge in [0.1, 0.15) is 19.3 Å². The zero-order chi connectivity index (χ0) is 27.3. The predicted octanol–water partition coefficient (Wildman–Crippen LogP) is 1.05. The number of hydrogen-bond acceptors (Lipinski definition) is 9. The molecule has 1 atom stereocenters. The molecule has 0 saturated carbocycles. The van der Waals surface area contributed by atoms with Crippen LogP contribution in [0.25, 0.3) is 10.8 Å².